The standard InChI is InChI=1S/C9H15NO3/c1-2-9(6-4-8(12)13)5-3-7(11)10-9/h2-6H2,1H3,(H,10,11)(H,12,13)/t9-/m1/s1. The molecule has 0 aromatic heterocycles. The van der Waals surface area contributed by atoms with Crippen LogP contribution in [0, 0.1) is 0 Å². The van der Waals surface area contributed by atoms with Gasteiger partial charge in [-0.1, -0.05) is 6.92 Å². The minimum absolute atomic E-state index is 0.0484. The smallest absolute Gasteiger partial charge is 0.303 e. The molecule has 0 aliphatic carbocycles. The van der Waals surface area contributed by atoms with Crippen molar-refractivity contribution in [1.82, 2.24) is 5.32 Å². The average molecular weight is 185 g/mol. The molecule has 4 nitrogen and oxygen atoms in total. The number of amides is 1. The third-order valence-electron chi connectivity index (χ3n) is 2.73. The molecule has 0 spiro atoms. The van der Waals surface area contributed by atoms with Gasteiger partial charge in [0, 0.05) is 18.4 Å². The summed E-state index contributed by atoms with van der Waals surface area (Å²) >= 11 is 0. The summed E-state index contributed by atoms with van der Waals surface area (Å²) in [5, 5.41) is 11.4. The van der Waals surface area contributed by atoms with Gasteiger partial charge in [-0.25, -0.2) is 0 Å². The minimum atomic E-state index is -0.797. The van der Waals surface area contributed by atoms with E-state index >= 15 is 0 Å². The summed E-state index contributed by atoms with van der Waals surface area (Å²) in [6, 6.07) is 0. The molecular weight excluding hydrogens is 170 g/mol. The molecule has 1 rings (SSSR count). The van der Waals surface area contributed by atoms with Crippen LogP contribution in [0.3, 0.4) is 0 Å². The molecule has 4 heteroatoms. The number of carbonyl (C=O) groups is 2. The van der Waals surface area contributed by atoms with Crippen molar-refractivity contribution in [1.29, 1.82) is 0 Å². The average Bonchev–Trinajstić information content (AvgIpc) is 2.45. The third-order valence-corrected chi connectivity index (χ3v) is 2.73. The van der Waals surface area contributed by atoms with Crippen LogP contribution in [0.4, 0.5) is 0 Å². The Morgan fingerprint density at radius 1 is 1.69 bits per heavy atom. The van der Waals surface area contributed by atoms with Crippen molar-refractivity contribution in [3.63, 3.8) is 0 Å². The van der Waals surface area contributed by atoms with Gasteiger partial charge in [0.05, 0.1) is 0 Å². The van der Waals surface area contributed by atoms with E-state index in [0.717, 1.165) is 12.8 Å². The summed E-state index contributed by atoms with van der Waals surface area (Å²) in [6.07, 6.45) is 2.80. The van der Waals surface area contributed by atoms with Gasteiger partial charge in [0.1, 0.15) is 0 Å². The normalized spacial score (nSPS) is 27.3. The predicted molar refractivity (Wildman–Crippen MR) is 47.3 cm³/mol. The lowest BCUT2D eigenvalue weighted by Crippen LogP contribution is -2.41. The Bertz CT molecular complexity index is 227. The summed E-state index contributed by atoms with van der Waals surface area (Å²) in [7, 11) is 0. The molecule has 1 aliphatic heterocycles. The number of hydrogen-bond acceptors (Lipinski definition) is 2. The number of rotatable bonds is 4. The molecule has 1 saturated heterocycles. The van der Waals surface area contributed by atoms with Crippen LogP contribution < -0.4 is 5.32 Å². The van der Waals surface area contributed by atoms with Crippen LogP contribution in [0.25, 0.3) is 0 Å². The summed E-state index contributed by atoms with van der Waals surface area (Å²) in [5.74, 6) is -0.749. The summed E-state index contributed by atoms with van der Waals surface area (Å²) in [6.45, 7) is 1.98. The van der Waals surface area contributed by atoms with Crippen molar-refractivity contribution in [2.24, 2.45) is 0 Å². The number of carboxylic acid groups (broad SMARTS) is 1. The Morgan fingerprint density at radius 2 is 2.38 bits per heavy atom. The molecule has 1 fully saturated rings. The molecule has 0 bridgehead atoms. The Balaban J connectivity index is 2.50. The molecule has 1 atom stereocenters. The molecule has 1 heterocycles. The lowest BCUT2D eigenvalue weighted by atomic mass is 9.89. The highest BCUT2D eigenvalue weighted by atomic mass is 16.4. The molecule has 13 heavy (non-hydrogen) atoms. The highest BCUT2D eigenvalue weighted by Crippen LogP contribution is 2.28. The van der Waals surface area contributed by atoms with Gasteiger partial charge < -0.3 is 10.4 Å². The molecule has 0 radical (unpaired) electrons. The molecule has 0 unspecified atom stereocenters. The zero-order chi connectivity index (χ0) is 9.90. The SMILES string of the molecule is CC[C@]1(CCC(=O)O)CCC(=O)N1. The van der Waals surface area contributed by atoms with E-state index in [0.29, 0.717) is 12.8 Å². The van der Waals surface area contributed by atoms with Crippen LogP contribution in [-0.2, 0) is 9.59 Å². The van der Waals surface area contributed by atoms with E-state index in [2.05, 4.69) is 5.32 Å². The molecule has 2 N–H and O–H groups in total. The quantitative estimate of drug-likeness (QED) is 0.684. The van der Waals surface area contributed by atoms with Crippen molar-refractivity contribution >= 4 is 11.9 Å². The topological polar surface area (TPSA) is 66.4 Å². The summed E-state index contributed by atoms with van der Waals surface area (Å²) in [5.41, 5.74) is -0.241. The zero-order valence-corrected chi connectivity index (χ0v) is 7.80. The van der Waals surface area contributed by atoms with Gasteiger partial charge in [-0.3, -0.25) is 9.59 Å². The molecule has 1 aliphatic rings. The molecule has 0 saturated carbocycles. The van der Waals surface area contributed by atoms with Gasteiger partial charge >= 0.3 is 5.97 Å². The van der Waals surface area contributed by atoms with Gasteiger partial charge in [0.25, 0.3) is 0 Å². The number of carbonyl (C=O) groups excluding carboxylic acids is 1. The Kier molecular flexibility index (Phi) is 2.90. The second kappa shape index (κ2) is 3.77. The van der Waals surface area contributed by atoms with Crippen LogP contribution in [-0.4, -0.2) is 22.5 Å². The number of aliphatic carboxylic acids is 1. The lowest BCUT2D eigenvalue weighted by molar-refractivity contribution is -0.137. The van der Waals surface area contributed by atoms with Crippen LogP contribution in [0.1, 0.15) is 39.0 Å². The first-order chi connectivity index (χ1) is 6.08. The van der Waals surface area contributed by atoms with Gasteiger partial charge in [0.2, 0.25) is 5.91 Å². The fourth-order valence-electron chi connectivity index (χ4n) is 1.75. The van der Waals surface area contributed by atoms with Crippen LogP contribution in [0.5, 0.6) is 0 Å². The van der Waals surface area contributed by atoms with Crippen molar-refractivity contribution < 1.29 is 14.7 Å². The van der Waals surface area contributed by atoms with Crippen LogP contribution in [0.2, 0.25) is 0 Å². The fourth-order valence-corrected chi connectivity index (χ4v) is 1.75. The monoisotopic (exact) mass is 185 g/mol. The largest absolute Gasteiger partial charge is 0.481 e. The molecule has 74 valence electrons. The van der Waals surface area contributed by atoms with E-state index in [9.17, 15) is 9.59 Å². The zero-order valence-electron chi connectivity index (χ0n) is 7.80. The molecule has 1 amide bonds. The second-order valence-electron chi connectivity index (χ2n) is 3.58. The minimum Gasteiger partial charge on any atom is -0.481 e. The van der Waals surface area contributed by atoms with Crippen molar-refractivity contribution in [3.05, 3.63) is 0 Å². The van der Waals surface area contributed by atoms with Gasteiger partial charge in [-0.05, 0) is 19.3 Å². The summed E-state index contributed by atoms with van der Waals surface area (Å²) < 4.78 is 0. The predicted octanol–water partition coefficient (Wildman–Crippen LogP) is 0.910. The van der Waals surface area contributed by atoms with Gasteiger partial charge in [0.15, 0.2) is 0 Å². The first-order valence-electron chi connectivity index (χ1n) is 4.61. The second-order valence-corrected chi connectivity index (χ2v) is 3.58. The lowest BCUT2D eigenvalue weighted by Gasteiger charge is -2.26. The van der Waals surface area contributed by atoms with Crippen LogP contribution >= 0.6 is 0 Å². The Hall–Kier alpha value is -1.06. The van der Waals surface area contributed by atoms with Gasteiger partial charge in [-0.2, -0.15) is 0 Å². The maximum atomic E-state index is 11.0. The summed E-state index contributed by atoms with van der Waals surface area (Å²) in [4.78, 5) is 21.4. The van der Waals surface area contributed by atoms with Crippen LogP contribution in [0.15, 0.2) is 0 Å². The maximum absolute atomic E-state index is 11.0. The van der Waals surface area contributed by atoms with E-state index < -0.39 is 5.97 Å². The highest BCUT2D eigenvalue weighted by molar-refractivity contribution is 5.79. The first-order valence-corrected chi connectivity index (χ1v) is 4.61. The number of carboxylic acids is 1. The molecule has 0 aromatic rings. The van der Waals surface area contributed by atoms with Crippen molar-refractivity contribution in [2.75, 3.05) is 0 Å². The Morgan fingerprint density at radius 3 is 2.77 bits per heavy atom. The van der Waals surface area contributed by atoms with E-state index in [1.807, 2.05) is 6.92 Å². The van der Waals surface area contributed by atoms with Crippen molar-refractivity contribution in [3.8, 4) is 0 Å². The van der Waals surface area contributed by atoms with Gasteiger partial charge in [-0.15, -0.1) is 0 Å². The van der Waals surface area contributed by atoms with E-state index in [-0.39, 0.29) is 17.9 Å². The Labute approximate surface area is 77.3 Å². The molecule has 0 aromatic carbocycles. The van der Waals surface area contributed by atoms with E-state index in [1.54, 1.807) is 0 Å². The maximum Gasteiger partial charge on any atom is 0.303 e. The molecular formula is C9H15NO3. The number of hydrogen-bond donors (Lipinski definition) is 2. The first kappa shape index (κ1) is 10.0. The van der Waals surface area contributed by atoms with E-state index in [4.69, 9.17) is 5.11 Å². The van der Waals surface area contributed by atoms with E-state index in [1.165, 1.54) is 0 Å². The van der Waals surface area contributed by atoms with Crippen molar-refractivity contribution in [2.45, 2.75) is 44.6 Å². The number of nitrogens with one attached hydrogen (secondary N) is 1. The third kappa shape index (κ3) is 2.44. The fraction of sp³-hybridized carbons (Fsp3) is 0.778. The highest BCUT2D eigenvalue weighted by Gasteiger charge is 2.35.